The molecule has 33 heavy (non-hydrogen) atoms. The third-order valence-electron chi connectivity index (χ3n) is 6.48. The summed E-state index contributed by atoms with van der Waals surface area (Å²) in [4.78, 5) is 19.6. The Balaban J connectivity index is 0.00000385. The zero-order chi connectivity index (χ0) is 22.4. The van der Waals surface area contributed by atoms with E-state index in [1.165, 1.54) is 24.8 Å². The van der Waals surface area contributed by atoms with Crippen LogP contribution in [0.3, 0.4) is 0 Å². The first-order chi connectivity index (χ1) is 15.8. The van der Waals surface area contributed by atoms with Gasteiger partial charge in [0.2, 0.25) is 5.91 Å². The second-order valence-corrected chi connectivity index (χ2v) is 9.06. The van der Waals surface area contributed by atoms with Crippen LogP contribution in [-0.2, 0) is 16.0 Å². The summed E-state index contributed by atoms with van der Waals surface area (Å²) in [6.07, 6.45) is 9.86. The van der Waals surface area contributed by atoms with Crippen molar-refractivity contribution < 1.29 is 9.53 Å². The lowest BCUT2D eigenvalue weighted by molar-refractivity contribution is -0.135. The fraction of sp³-hybridized carbons (Fsp3) is 0.692. The lowest BCUT2D eigenvalue weighted by Crippen LogP contribution is -2.45. The number of likely N-dealkylation sites (tertiary alicyclic amines) is 1. The van der Waals surface area contributed by atoms with Crippen molar-refractivity contribution in [3.05, 3.63) is 35.9 Å². The van der Waals surface area contributed by atoms with Gasteiger partial charge >= 0.3 is 0 Å². The minimum atomic E-state index is 0. The molecular formula is C26H43IN4O2. The minimum Gasteiger partial charge on any atom is -0.381 e. The van der Waals surface area contributed by atoms with E-state index in [4.69, 9.17) is 9.73 Å². The first-order valence-corrected chi connectivity index (χ1v) is 12.7. The first kappa shape index (κ1) is 27.9. The molecule has 6 nitrogen and oxygen atoms in total. The van der Waals surface area contributed by atoms with E-state index in [0.717, 1.165) is 83.9 Å². The van der Waals surface area contributed by atoms with E-state index in [1.54, 1.807) is 0 Å². The Morgan fingerprint density at radius 2 is 1.88 bits per heavy atom. The Morgan fingerprint density at radius 3 is 2.64 bits per heavy atom. The van der Waals surface area contributed by atoms with Gasteiger partial charge in [0.15, 0.2) is 5.96 Å². The van der Waals surface area contributed by atoms with Gasteiger partial charge in [0, 0.05) is 44.7 Å². The van der Waals surface area contributed by atoms with Crippen molar-refractivity contribution in [3.8, 4) is 0 Å². The van der Waals surface area contributed by atoms with E-state index in [-0.39, 0.29) is 29.9 Å². The van der Waals surface area contributed by atoms with Crippen molar-refractivity contribution in [2.45, 2.75) is 70.8 Å². The molecule has 1 heterocycles. The zero-order valence-corrected chi connectivity index (χ0v) is 22.6. The van der Waals surface area contributed by atoms with Crippen LogP contribution in [-0.4, -0.2) is 62.2 Å². The molecule has 1 saturated heterocycles. The molecule has 0 radical (unpaired) electrons. The van der Waals surface area contributed by atoms with Crippen molar-refractivity contribution in [3.63, 3.8) is 0 Å². The number of benzene rings is 1. The highest BCUT2D eigenvalue weighted by Crippen LogP contribution is 2.26. The van der Waals surface area contributed by atoms with Crippen molar-refractivity contribution in [2.75, 3.05) is 39.4 Å². The quantitative estimate of drug-likeness (QED) is 0.180. The highest BCUT2D eigenvalue weighted by atomic mass is 127. The Kier molecular flexibility index (Phi) is 13.8. The molecular weight excluding hydrogens is 527 g/mol. The Bertz CT molecular complexity index is 695. The van der Waals surface area contributed by atoms with Crippen molar-refractivity contribution >= 4 is 35.8 Å². The lowest BCUT2D eigenvalue weighted by Gasteiger charge is -2.26. The molecule has 2 N–H and O–H groups in total. The fourth-order valence-corrected chi connectivity index (χ4v) is 4.64. The maximum absolute atomic E-state index is 12.8. The smallest absolute Gasteiger partial charge is 0.225 e. The molecule has 1 unspecified atom stereocenters. The van der Waals surface area contributed by atoms with Crippen LogP contribution in [0.4, 0.5) is 0 Å². The highest BCUT2D eigenvalue weighted by molar-refractivity contribution is 14.0. The summed E-state index contributed by atoms with van der Waals surface area (Å²) < 4.78 is 5.77. The number of ether oxygens (including phenoxy) is 1. The molecule has 1 aliphatic carbocycles. The number of amides is 1. The summed E-state index contributed by atoms with van der Waals surface area (Å²) >= 11 is 0. The second-order valence-electron chi connectivity index (χ2n) is 9.06. The summed E-state index contributed by atoms with van der Waals surface area (Å²) in [7, 11) is 0. The molecule has 1 amide bonds. The molecule has 1 aliphatic heterocycles. The number of guanidine groups is 1. The van der Waals surface area contributed by atoms with Crippen molar-refractivity contribution in [2.24, 2.45) is 10.9 Å². The predicted molar refractivity (Wildman–Crippen MR) is 146 cm³/mol. The van der Waals surface area contributed by atoms with Crippen LogP contribution in [0.2, 0.25) is 0 Å². The summed E-state index contributed by atoms with van der Waals surface area (Å²) in [6.45, 7) is 6.94. The van der Waals surface area contributed by atoms with Crippen LogP contribution in [0.15, 0.2) is 35.3 Å². The number of nitrogens with zero attached hydrogens (tertiary/aromatic N) is 2. The number of nitrogens with one attached hydrogen (secondary N) is 2. The number of hydrogen-bond acceptors (Lipinski definition) is 3. The molecule has 2 fully saturated rings. The van der Waals surface area contributed by atoms with E-state index in [2.05, 4.69) is 46.7 Å². The van der Waals surface area contributed by atoms with Gasteiger partial charge in [0.25, 0.3) is 0 Å². The van der Waals surface area contributed by atoms with Gasteiger partial charge < -0.3 is 20.3 Å². The van der Waals surface area contributed by atoms with Gasteiger partial charge in [-0.3, -0.25) is 9.79 Å². The van der Waals surface area contributed by atoms with E-state index in [1.807, 2.05) is 6.07 Å². The van der Waals surface area contributed by atoms with Gasteiger partial charge in [-0.25, -0.2) is 0 Å². The Labute approximate surface area is 217 Å². The summed E-state index contributed by atoms with van der Waals surface area (Å²) in [5, 5.41) is 6.90. The van der Waals surface area contributed by atoms with Gasteiger partial charge in [-0.05, 0) is 51.0 Å². The fourth-order valence-electron chi connectivity index (χ4n) is 4.64. The molecule has 1 aromatic rings. The standard InChI is InChI=1S/C26H42N4O2.HI/c1-2-27-26(28-17-9-10-19-32-20-16-22-11-5-3-6-12-22)29-24-15-18-30(21-24)25(31)23-13-7-4-8-14-23;/h3,5-6,11-12,23-24H,2,4,7-10,13-21H2,1H3,(H2,27,28,29);1H. The summed E-state index contributed by atoms with van der Waals surface area (Å²) in [5.41, 5.74) is 1.32. The topological polar surface area (TPSA) is 66.0 Å². The third kappa shape index (κ3) is 10.2. The van der Waals surface area contributed by atoms with Gasteiger partial charge in [-0.1, -0.05) is 49.6 Å². The average Bonchev–Trinajstić information content (AvgIpc) is 3.30. The van der Waals surface area contributed by atoms with Crippen LogP contribution >= 0.6 is 24.0 Å². The van der Waals surface area contributed by atoms with E-state index in [9.17, 15) is 4.79 Å². The number of aliphatic imine (C=N–C) groups is 1. The van der Waals surface area contributed by atoms with E-state index >= 15 is 0 Å². The lowest BCUT2D eigenvalue weighted by atomic mass is 9.88. The summed E-state index contributed by atoms with van der Waals surface area (Å²) in [5.74, 6) is 1.51. The van der Waals surface area contributed by atoms with Gasteiger partial charge in [0.1, 0.15) is 0 Å². The molecule has 3 rings (SSSR count). The van der Waals surface area contributed by atoms with Gasteiger partial charge in [-0.2, -0.15) is 0 Å². The monoisotopic (exact) mass is 570 g/mol. The molecule has 2 aliphatic rings. The Morgan fingerprint density at radius 1 is 1.09 bits per heavy atom. The molecule has 0 spiro atoms. The van der Waals surface area contributed by atoms with Crippen molar-refractivity contribution in [1.29, 1.82) is 0 Å². The third-order valence-corrected chi connectivity index (χ3v) is 6.48. The highest BCUT2D eigenvalue weighted by Gasteiger charge is 2.31. The van der Waals surface area contributed by atoms with Gasteiger partial charge in [-0.15, -0.1) is 24.0 Å². The molecule has 1 atom stereocenters. The average molecular weight is 571 g/mol. The Hall–Kier alpha value is -1.35. The van der Waals surface area contributed by atoms with Crippen LogP contribution in [0.1, 0.15) is 63.9 Å². The number of unbranched alkanes of at least 4 members (excludes halogenated alkanes) is 1. The molecule has 7 heteroatoms. The molecule has 186 valence electrons. The largest absolute Gasteiger partial charge is 0.381 e. The number of halogens is 1. The number of carbonyl (C=O) groups excluding carboxylic acids is 1. The summed E-state index contributed by atoms with van der Waals surface area (Å²) in [6, 6.07) is 10.8. The first-order valence-electron chi connectivity index (χ1n) is 12.7. The predicted octanol–water partition coefficient (Wildman–Crippen LogP) is 4.38. The number of rotatable bonds is 11. The van der Waals surface area contributed by atoms with Gasteiger partial charge in [0.05, 0.1) is 6.61 Å². The molecule has 0 bridgehead atoms. The van der Waals surface area contributed by atoms with Crippen molar-refractivity contribution in [1.82, 2.24) is 15.5 Å². The SMILES string of the molecule is CCNC(=NCCCCOCCc1ccccc1)NC1CCN(C(=O)C2CCCCC2)C1.I. The van der Waals surface area contributed by atoms with E-state index < -0.39 is 0 Å². The maximum atomic E-state index is 12.8. The minimum absolute atomic E-state index is 0. The van der Waals surface area contributed by atoms with Crippen LogP contribution < -0.4 is 10.6 Å². The van der Waals surface area contributed by atoms with Crippen LogP contribution in [0.25, 0.3) is 0 Å². The van der Waals surface area contributed by atoms with Crippen LogP contribution in [0, 0.1) is 5.92 Å². The zero-order valence-electron chi connectivity index (χ0n) is 20.3. The number of carbonyl (C=O) groups is 1. The molecule has 1 saturated carbocycles. The molecule has 0 aromatic heterocycles. The van der Waals surface area contributed by atoms with Crippen LogP contribution in [0.5, 0.6) is 0 Å². The number of hydrogen-bond donors (Lipinski definition) is 2. The molecule has 1 aromatic carbocycles. The normalized spacial score (nSPS) is 19.2. The maximum Gasteiger partial charge on any atom is 0.225 e. The van der Waals surface area contributed by atoms with E-state index in [0.29, 0.717) is 11.9 Å². The second kappa shape index (κ2) is 16.3.